The van der Waals surface area contributed by atoms with Crippen molar-refractivity contribution in [2.24, 2.45) is 0 Å². The van der Waals surface area contributed by atoms with Crippen LogP contribution in [0.3, 0.4) is 0 Å². The molecule has 5 heteroatoms. The summed E-state index contributed by atoms with van der Waals surface area (Å²) in [5.74, 6) is 0.336. The van der Waals surface area contributed by atoms with E-state index in [0.29, 0.717) is 18.4 Å². The first-order valence-corrected chi connectivity index (χ1v) is 8.56. The molecular weight excluding hydrogens is 264 g/mol. The minimum Gasteiger partial charge on any atom is -0.340 e. The molecule has 1 amide bonds. The van der Waals surface area contributed by atoms with Crippen LogP contribution in [0.5, 0.6) is 0 Å². The fourth-order valence-corrected chi connectivity index (χ4v) is 3.21. The van der Waals surface area contributed by atoms with Gasteiger partial charge in [0.25, 0.3) is 0 Å². The lowest BCUT2D eigenvalue weighted by Crippen LogP contribution is -2.55. The molecule has 0 atom stereocenters. The molecule has 0 aromatic heterocycles. The molecule has 0 aliphatic carbocycles. The molecule has 0 bridgehead atoms. The van der Waals surface area contributed by atoms with Gasteiger partial charge in [0.2, 0.25) is 5.91 Å². The normalized spacial score (nSPS) is 23.0. The third-order valence-corrected chi connectivity index (χ3v) is 4.73. The van der Waals surface area contributed by atoms with Crippen molar-refractivity contribution in [3.05, 3.63) is 0 Å². The Hall–Kier alpha value is -0.650. The second kappa shape index (κ2) is 8.11. The van der Waals surface area contributed by atoms with Crippen LogP contribution in [-0.2, 0) is 4.79 Å². The minimum absolute atomic E-state index is 0.336. The Kier molecular flexibility index (Phi) is 6.45. The first-order valence-electron chi connectivity index (χ1n) is 8.56. The molecule has 2 aliphatic rings. The number of amides is 1. The Morgan fingerprint density at radius 2 is 1.43 bits per heavy atom. The zero-order valence-electron chi connectivity index (χ0n) is 14.1. The number of hydrogen-bond donors (Lipinski definition) is 0. The van der Waals surface area contributed by atoms with Crippen molar-refractivity contribution in [3.63, 3.8) is 0 Å². The zero-order valence-corrected chi connectivity index (χ0v) is 14.1. The smallest absolute Gasteiger partial charge is 0.222 e. The summed E-state index contributed by atoms with van der Waals surface area (Å²) in [7, 11) is 0. The highest BCUT2D eigenvalue weighted by atomic mass is 16.2. The molecule has 2 rings (SSSR count). The first kappa shape index (κ1) is 16.7. The van der Waals surface area contributed by atoms with Crippen LogP contribution < -0.4 is 0 Å². The standard InChI is InChI=1S/C16H32N4O/c1-4-5-16(21)20-12-8-18(9-13-20)14-17-6-10-19(11-7-17)15(2)3/h15H,4-14H2,1-3H3. The van der Waals surface area contributed by atoms with Crippen molar-refractivity contribution in [1.82, 2.24) is 19.6 Å². The molecular formula is C16H32N4O. The largest absolute Gasteiger partial charge is 0.340 e. The van der Waals surface area contributed by atoms with Gasteiger partial charge in [0.15, 0.2) is 0 Å². The number of carbonyl (C=O) groups is 1. The predicted octanol–water partition coefficient (Wildman–Crippen LogP) is 0.914. The van der Waals surface area contributed by atoms with E-state index in [-0.39, 0.29) is 0 Å². The summed E-state index contributed by atoms with van der Waals surface area (Å²) in [4.78, 5) is 21.5. The second-order valence-electron chi connectivity index (χ2n) is 6.64. The summed E-state index contributed by atoms with van der Waals surface area (Å²) in [6.07, 6.45) is 1.66. The third-order valence-electron chi connectivity index (χ3n) is 4.73. The molecule has 21 heavy (non-hydrogen) atoms. The van der Waals surface area contributed by atoms with Crippen molar-refractivity contribution in [1.29, 1.82) is 0 Å². The van der Waals surface area contributed by atoms with E-state index in [1.54, 1.807) is 0 Å². The van der Waals surface area contributed by atoms with Crippen LogP contribution in [0.4, 0.5) is 0 Å². The van der Waals surface area contributed by atoms with E-state index in [1.165, 1.54) is 26.2 Å². The molecule has 122 valence electrons. The quantitative estimate of drug-likeness (QED) is 0.754. The summed E-state index contributed by atoms with van der Waals surface area (Å²) in [5.41, 5.74) is 0. The molecule has 0 saturated carbocycles. The molecule has 2 heterocycles. The SMILES string of the molecule is CCCC(=O)N1CCN(CN2CCN(C(C)C)CC2)CC1. The van der Waals surface area contributed by atoms with E-state index >= 15 is 0 Å². The van der Waals surface area contributed by atoms with Crippen molar-refractivity contribution in [2.45, 2.75) is 39.7 Å². The zero-order chi connectivity index (χ0) is 15.2. The topological polar surface area (TPSA) is 30.0 Å². The Labute approximate surface area is 129 Å². The van der Waals surface area contributed by atoms with Gasteiger partial charge in [-0.15, -0.1) is 0 Å². The molecule has 2 fully saturated rings. The van der Waals surface area contributed by atoms with Gasteiger partial charge in [0.1, 0.15) is 0 Å². The molecule has 0 aromatic rings. The fourth-order valence-electron chi connectivity index (χ4n) is 3.21. The van der Waals surface area contributed by atoms with E-state index in [1.807, 2.05) is 4.90 Å². The number of nitrogens with zero attached hydrogens (tertiary/aromatic N) is 4. The highest BCUT2D eigenvalue weighted by molar-refractivity contribution is 5.76. The van der Waals surface area contributed by atoms with E-state index in [9.17, 15) is 4.79 Å². The molecule has 0 spiro atoms. The van der Waals surface area contributed by atoms with Crippen molar-refractivity contribution < 1.29 is 4.79 Å². The number of rotatable bonds is 5. The number of hydrogen-bond acceptors (Lipinski definition) is 4. The average molecular weight is 296 g/mol. The maximum atomic E-state index is 11.9. The van der Waals surface area contributed by atoms with Gasteiger partial charge in [-0.3, -0.25) is 19.5 Å². The van der Waals surface area contributed by atoms with Crippen LogP contribution in [0, 0.1) is 0 Å². The summed E-state index contributed by atoms with van der Waals surface area (Å²) in [5, 5.41) is 0. The van der Waals surface area contributed by atoms with Gasteiger partial charge in [0, 0.05) is 64.8 Å². The lowest BCUT2D eigenvalue weighted by molar-refractivity contribution is -0.133. The van der Waals surface area contributed by atoms with Crippen LogP contribution in [0.25, 0.3) is 0 Å². The van der Waals surface area contributed by atoms with E-state index in [2.05, 4.69) is 35.5 Å². The van der Waals surface area contributed by atoms with Crippen LogP contribution >= 0.6 is 0 Å². The van der Waals surface area contributed by atoms with Gasteiger partial charge in [-0.1, -0.05) is 6.92 Å². The summed E-state index contributed by atoms with van der Waals surface area (Å²) < 4.78 is 0. The highest BCUT2D eigenvalue weighted by Gasteiger charge is 2.24. The summed E-state index contributed by atoms with van der Waals surface area (Å²) in [6.45, 7) is 16.3. The monoisotopic (exact) mass is 296 g/mol. The van der Waals surface area contributed by atoms with Gasteiger partial charge in [-0.2, -0.15) is 0 Å². The number of carbonyl (C=O) groups excluding carboxylic acids is 1. The maximum absolute atomic E-state index is 11.9. The number of piperazine rings is 2. The summed E-state index contributed by atoms with van der Waals surface area (Å²) >= 11 is 0. The van der Waals surface area contributed by atoms with Gasteiger partial charge in [0.05, 0.1) is 6.67 Å². The maximum Gasteiger partial charge on any atom is 0.222 e. The molecule has 0 N–H and O–H groups in total. The van der Waals surface area contributed by atoms with Crippen LogP contribution in [0.2, 0.25) is 0 Å². The molecule has 0 radical (unpaired) electrons. The van der Waals surface area contributed by atoms with Gasteiger partial charge < -0.3 is 4.90 Å². The van der Waals surface area contributed by atoms with E-state index < -0.39 is 0 Å². The fraction of sp³-hybridized carbons (Fsp3) is 0.938. The van der Waals surface area contributed by atoms with Crippen molar-refractivity contribution in [2.75, 3.05) is 59.0 Å². The van der Waals surface area contributed by atoms with Crippen LogP contribution in [0.15, 0.2) is 0 Å². The van der Waals surface area contributed by atoms with Gasteiger partial charge in [-0.25, -0.2) is 0 Å². The first-order chi connectivity index (χ1) is 10.1. The molecule has 2 aliphatic heterocycles. The Morgan fingerprint density at radius 3 is 1.90 bits per heavy atom. The molecule has 0 unspecified atom stereocenters. The van der Waals surface area contributed by atoms with Crippen LogP contribution in [-0.4, -0.2) is 90.6 Å². The van der Waals surface area contributed by atoms with Gasteiger partial charge in [-0.05, 0) is 20.3 Å². The molecule has 0 aromatic carbocycles. The Morgan fingerprint density at radius 1 is 0.905 bits per heavy atom. The predicted molar refractivity (Wildman–Crippen MR) is 86.2 cm³/mol. The summed E-state index contributed by atoms with van der Waals surface area (Å²) in [6, 6.07) is 0.667. The third kappa shape index (κ3) is 4.94. The van der Waals surface area contributed by atoms with Crippen molar-refractivity contribution in [3.8, 4) is 0 Å². The van der Waals surface area contributed by atoms with E-state index in [4.69, 9.17) is 0 Å². The Balaban J connectivity index is 1.66. The second-order valence-corrected chi connectivity index (χ2v) is 6.64. The average Bonchev–Trinajstić information content (AvgIpc) is 2.49. The lowest BCUT2D eigenvalue weighted by atomic mass is 10.2. The minimum atomic E-state index is 0.336. The van der Waals surface area contributed by atoms with Gasteiger partial charge >= 0.3 is 0 Å². The molecule has 2 saturated heterocycles. The van der Waals surface area contributed by atoms with E-state index in [0.717, 1.165) is 39.3 Å². The van der Waals surface area contributed by atoms with Crippen molar-refractivity contribution >= 4 is 5.91 Å². The van der Waals surface area contributed by atoms with Crippen LogP contribution in [0.1, 0.15) is 33.6 Å². The lowest BCUT2D eigenvalue weighted by Gasteiger charge is -2.41. The highest BCUT2D eigenvalue weighted by Crippen LogP contribution is 2.09. The Bertz CT molecular complexity index is 318. The molecule has 5 nitrogen and oxygen atoms in total.